The van der Waals surface area contributed by atoms with Crippen LogP contribution in [0.3, 0.4) is 0 Å². The van der Waals surface area contributed by atoms with Gasteiger partial charge in [0.2, 0.25) is 0 Å². The fourth-order valence-electron chi connectivity index (χ4n) is 2.52. The van der Waals surface area contributed by atoms with Gasteiger partial charge in [0, 0.05) is 37.8 Å². The summed E-state index contributed by atoms with van der Waals surface area (Å²) in [5.41, 5.74) is 8.78. The van der Waals surface area contributed by atoms with Crippen molar-refractivity contribution in [1.82, 2.24) is 4.90 Å². The average Bonchev–Trinajstić information content (AvgIpc) is 2.50. The molecule has 0 amide bonds. The molecule has 0 fully saturated rings. The number of benzene rings is 2. The summed E-state index contributed by atoms with van der Waals surface area (Å²) < 4.78 is 0. The SMILES string of the molecule is Cc1c(CN(CCN)Cc2ccccc2)cccc1[N+](=O)[O-]. The zero-order chi connectivity index (χ0) is 15.9. The van der Waals surface area contributed by atoms with Gasteiger partial charge in [-0.15, -0.1) is 0 Å². The van der Waals surface area contributed by atoms with E-state index in [1.807, 2.05) is 24.3 Å². The molecule has 0 spiro atoms. The van der Waals surface area contributed by atoms with E-state index >= 15 is 0 Å². The van der Waals surface area contributed by atoms with Crippen molar-refractivity contribution in [3.8, 4) is 0 Å². The van der Waals surface area contributed by atoms with Crippen LogP contribution in [0.4, 0.5) is 5.69 Å². The third-order valence-electron chi connectivity index (χ3n) is 3.70. The van der Waals surface area contributed by atoms with Gasteiger partial charge in [-0.25, -0.2) is 0 Å². The van der Waals surface area contributed by atoms with Crippen LogP contribution in [0.15, 0.2) is 48.5 Å². The number of nitro benzene ring substituents is 1. The van der Waals surface area contributed by atoms with Crippen molar-refractivity contribution in [3.63, 3.8) is 0 Å². The summed E-state index contributed by atoms with van der Waals surface area (Å²) in [6, 6.07) is 15.4. The van der Waals surface area contributed by atoms with E-state index < -0.39 is 0 Å². The van der Waals surface area contributed by atoms with Crippen molar-refractivity contribution in [1.29, 1.82) is 0 Å². The van der Waals surface area contributed by atoms with Crippen LogP contribution >= 0.6 is 0 Å². The number of nitrogens with two attached hydrogens (primary N) is 1. The summed E-state index contributed by atoms with van der Waals surface area (Å²) >= 11 is 0. The van der Waals surface area contributed by atoms with E-state index in [0.717, 1.165) is 24.2 Å². The molecule has 0 radical (unpaired) electrons. The smallest absolute Gasteiger partial charge is 0.272 e. The molecule has 0 aliphatic heterocycles. The molecule has 116 valence electrons. The van der Waals surface area contributed by atoms with Crippen LogP contribution in [0.2, 0.25) is 0 Å². The molecular weight excluding hydrogens is 278 g/mol. The predicted molar refractivity (Wildman–Crippen MR) is 87.4 cm³/mol. The third-order valence-corrected chi connectivity index (χ3v) is 3.70. The van der Waals surface area contributed by atoms with Crippen LogP contribution in [0.1, 0.15) is 16.7 Å². The first-order valence-corrected chi connectivity index (χ1v) is 7.31. The molecule has 5 nitrogen and oxygen atoms in total. The third kappa shape index (κ3) is 4.13. The minimum Gasteiger partial charge on any atom is -0.329 e. The lowest BCUT2D eigenvalue weighted by molar-refractivity contribution is -0.385. The molecule has 0 atom stereocenters. The summed E-state index contributed by atoms with van der Waals surface area (Å²) in [5.74, 6) is 0. The Morgan fingerprint density at radius 1 is 1.09 bits per heavy atom. The molecule has 2 aromatic carbocycles. The van der Waals surface area contributed by atoms with E-state index in [1.165, 1.54) is 5.56 Å². The van der Waals surface area contributed by atoms with Crippen molar-refractivity contribution in [3.05, 3.63) is 75.3 Å². The molecule has 0 heterocycles. The zero-order valence-corrected chi connectivity index (χ0v) is 12.7. The number of hydrogen-bond donors (Lipinski definition) is 1. The largest absolute Gasteiger partial charge is 0.329 e. The number of rotatable bonds is 7. The van der Waals surface area contributed by atoms with E-state index in [-0.39, 0.29) is 10.6 Å². The van der Waals surface area contributed by atoms with Gasteiger partial charge in [0.15, 0.2) is 0 Å². The molecule has 0 saturated carbocycles. The quantitative estimate of drug-likeness (QED) is 0.630. The Morgan fingerprint density at radius 2 is 1.82 bits per heavy atom. The Morgan fingerprint density at radius 3 is 2.45 bits per heavy atom. The lowest BCUT2D eigenvalue weighted by Gasteiger charge is -2.22. The van der Waals surface area contributed by atoms with Crippen LogP contribution in [-0.2, 0) is 13.1 Å². The molecule has 2 aromatic rings. The minimum atomic E-state index is -0.330. The van der Waals surface area contributed by atoms with Gasteiger partial charge in [-0.2, -0.15) is 0 Å². The van der Waals surface area contributed by atoms with Crippen LogP contribution in [0.25, 0.3) is 0 Å². The second-order valence-corrected chi connectivity index (χ2v) is 5.30. The van der Waals surface area contributed by atoms with Crippen LogP contribution in [0.5, 0.6) is 0 Å². The van der Waals surface area contributed by atoms with Gasteiger partial charge in [-0.3, -0.25) is 15.0 Å². The Labute approximate surface area is 130 Å². The number of hydrogen-bond acceptors (Lipinski definition) is 4. The minimum absolute atomic E-state index is 0.171. The highest BCUT2D eigenvalue weighted by Gasteiger charge is 2.15. The zero-order valence-electron chi connectivity index (χ0n) is 12.7. The van der Waals surface area contributed by atoms with E-state index in [1.54, 1.807) is 19.1 Å². The summed E-state index contributed by atoms with van der Waals surface area (Å²) in [4.78, 5) is 12.9. The van der Waals surface area contributed by atoms with Gasteiger partial charge in [0.25, 0.3) is 5.69 Å². The highest BCUT2D eigenvalue weighted by molar-refractivity contribution is 5.44. The Kier molecular flexibility index (Phi) is 5.63. The molecular formula is C17H21N3O2. The van der Waals surface area contributed by atoms with Crippen LogP contribution in [0, 0.1) is 17.0 Å². The molecule has 5 heteroatoms. The summed E-state index contributed by atoms with van der Waals surface area (Å²) in [5, 5.41) is 11.0. The average molecular weight is 299 g/mol. The van der Waals surface area contributed by atoms with Crippen molar-refractivity contribution in [2.75, 3.05) is 13.1 Å². The van der Waals surface area contributed by atoms with Gasteiger partial charge < -0.3 is 5.73 Å². The van der Waals surface area contributed by atoms with Crippen molar-refractivity contribution >= 4 is 5.69 Å². The Balaban J connectivity index is 2.17. The standard InChI is InChI=1S/C17H21N3O2/c1-14-16(8-5-9-17(14)20(21)22)13-19(11-10-18)12-15-6-3-2-4-7-15/h2-9H,10-13,18H2,1H3. The molecule has 0 aliphatic carbocycles. The van der Waals surface area contributed by atoms with E-state index in [9.17, 15) is 10.1 Å². The van der Waals surface area contributed by atoms with E-state index in [2.05, 4.69) is 17.0 Å². The first-order valence-electron chi connectivity index (χ1n) is 7.31. The first kappa shape index (κ1) is 16.1. The second-order valence-electron chi connectivity index (χ2n) is 5.30. The van der Waals surface area contributed by atoms with Crippen LogP contribution in [-0.4, -0.2) is 22.9 Å². The first-order chi connectivity index (χ1) is 10.6. The Bertz CT molecular complexity index is 629. The lowest BCUT2D eigenvalue weighted by atomic mass is 10.1. The fraction of sp³-hybridized carbons (Fsp3) is 0.294. The van der Waals surface area contributed by atoms with Gasteiger partial charge in [-0.1, -0.05) is 42.5 Å². The maximum absolute atomic E-state index is 11.0. The van der Waals surface area contributed by atoms with E-state index in [4.69, 9.17) is 5.73 Å². The number of nitrogens with zero attached hydrogens (tertiary/aromatic N) is 2. The normalized spacial score (nSPS) is 10.9. The van der Waals surface area contributed by atoms with Crippen molar-refractivity contribution < 1.29 is 4.92 Å². The molecule has 0 saturated heterocycles. The van der Waals surface area contributed by atoms with Crippen LogP contribution < -0.4 is 5.73 Å². The lowest BCUT2D eigenvalue weighted by Crippen LogP contribution is -2.29. The highest BCUT2D eigenvalue weighted by atomic mass is 16.6. The van der Waals surface area contributed by atoms with E-state index in [0.29, 0.717) is 13.1 Å². The number of nitro groups is 1. The summed E-state index contributed by atoms with van der Waals surface area (Å²) in [6.07, 6.45) is 0. The molecule has 0 aromatic heterocycles. The van der Waals surface area contributed by atoms with Gasteiger partial charge in [0.1, 0.15) is 0 Å². The van der Waals surface area contributed by atoms with Gasteiger partial charge in [0.05, 0.1) is 4.92 Å². The maximum atomic E-state index is 11.0. The molecule has 22 heavy (non-hydrogen) atoms. The molecule has 2 N–H and O–H groups in total. The van der Waals surface area contributed by atoms with Crippen molar-refractivity contribution in [2.45, 2.75) is 20.0 Å². The molecule has 0 aliphatic rings. The highest BCUT2D eigenvalue weighted by Crippen LogP contribution is 2.22. The van der Waals surface area contributed by atoms with Crippen molar-refractivity contribution in [2.24, 2.45) is 5.73 Å². The maximum Gasteiger partial charge on any atom is 0.272 e. The predicted octanol–water partition coefficient (Wildman–Crippen LogP) is 2.86. The fourth-order valence-corrected chi connectivity index (χ4v) is 2.52. The summed E-state index contributed by atoms with van der Waals surface area (Å²) in [6.45, 7) is 4.54. The monoisotopic (exact) mass is 299 g/mol. The second kappa shape index (κ2) is 7.68. The molecule has 0 unspecified atom stereocenters. The Hall–Kier alpha value is -2.24. The van der Waals surface area contributed by atoms with Gasteiger partial charge in [-0.05, 0) is 18.1 Å². The topological polar surface area (TPSA) is 72.4 Å². The molecule has 2 rings (SSSR count). The molecule has 0 bridgehead atoms. The summed E-state index contributed by atoms with van der Waals surface area (Å²) in [7, 11) is 0. The van der Waals surface area contributed by atoms with Gasteiger partial charge >= 0.3 is 0 Å².